The van der Waals surface area contributed by atoms with Crippen molar-refractivity contribution < 1.29 is 4.79 Å². The number of primary amides is 1. The van der Waals surface area contributed by atoms with Gasteiger partial charge in [-0.15, -0.1) is 0 Å². The largest absolute Gasteiger partial charge is 0.368 e. The molecule has 0 fully saturated rings. The molecule has 1 heterocycles. The zero-order chi connectivity index (χ0) is 15.3. The first-order valence-electron chi connectivity index (χ1n) is 7.32. The highest BCUT2D eigenvalue weighted by molar-refractivity contribution is 5.84. The van der Waals surface area contributed by atoms with Crippen molar-refractivity contribution in [1.29, 1.82) is 0 Å². The molecule has 1 amide bonds. The quantitative estimate of drug-likeness (QED) is 0.745. The Labute approximate surface area is 121 Å². The second-order valence-electron chi connectivity index (χ2n) is 5.62. The lowest BCUT2D eigenvalue weighted by molar-refractivity contribution is -0.124. The number of carbonyl (C=O) groups excluding carboxylic acids is 1. The molecular formula is C14H27N5O. The van der Waals surface area contributed by atoms with Gasteiger partial charge in [-0.25, -0.2) is 9.67 Å². The van der Waals surface area contributed by atoms with Crippen molar-refractivity contribution in [1.82, 2.24) is 20.1 Å². The van der Waals surface area contributed by atoms with Crippen molar-refractivity contribution in [3.8, 4) is 0 Å². The van der Waals surface area contributed by atoms with Gasteiger partial charge in [0, 0.05) is 25.4 Å². The summed E-state index contributed by atoms with van der Waals surface area (Å²) in [5, 5.41) is 7.71. The molecule has 1 aromatic rings. The van der Waals surface area contributed by atoms with Gasteiger partial charge in [0.25, 0.3) is 0 Å². The van der Waals surface area contributed by atoms with Gasteiger partial charge in [-0.3, -0.25) is 4.79 Å². The van der Waals surface area contributed by atoms with E-state index >= 15 is 0 Å². The zero-order valence-electron chi connectivity index (χ0n) is 13.2. The summed E-state index contributed by atoms with van der Waals surface area (Å²) in [6.45, 7) is 10.6. The molecule has 0 spiro atoms. The third-order valence-electron chi connectivity index (χ3n) is 3.40. The Morgan fingerprint density at radius 2 is 2.05 bits per heavy atom. The highest BCUT2D eigenvalue weighted by Gasteiger charge is 2.31. The van der Waals surface area contributed by atoms with Crippen molar-refractivity contribution in [2.75, 3.05) is 0 Å². The van der Waals surface area contributed by atoms with Crippen LogP contribution < -0.4 is 11.1 Å². The van der Waals surface area contributed by atoms with Gasteiger partial charge in [0.2, 0.25) is 5.91 Å². The topological polar surface area (TPSA) is 85.8 Å². The Morgan fingerprint density at radius 3 is 2.50 bits per heavy atom. The number of amides is 1. The molecule has 6 heteroatoms. The van der Waals surface area contributed by atoms with Gasteiger partial charge in [0.1, 0.15) is 5.82 Å². The second kappa shape index (κ2) is 6.83. The number of aromatic nitrogens is 3. The Balaban J connectivity index is 2.82. The van der Waals surface area contributed by atoms with Crippen molar-refractivity contribution >= 4 is 5.91 Å². The molecule has 1 rings (SSSR count). The number of carbonyl (C=O) groups is 1. The van der Waals surface area contributed by atoms with Crippen molar-refractivity contribution in [3.63, 3.8) is 0 Å². The fourth-order valence-electron chi connectivity index (χ4n) is 2.25. The van der Waals surface area contributed by atoms with E-state index in [4.69, 9.17) is 5.73 Å². The van der Waals surface area contributed by atoms with Gasteiger partial charge >= 0.3 is 0 Å². The molecule has 0 aromatic carbocycles. The molecule has 1 unspecified atom stereocenters. The zero-order valence-corrected chi connectivity index (χ0v) is 13.2. The summed E-state index contributed by atoms with van der Waals surface area (Å²) in [7, 11) is 0. The van der Waals surface area contributed by atoms with Crippen LogP contribution in [0.15, 0.2) is 0 Å². The highest BCUT2D eigenvalue weighted by atomic mass is 16.1. The number of aryl methyl sites for hydroxylation is 3. The molecule has 0 radical (unpaired) electrons. The Morgan fingerprint density at radius 1 is 1.40 bits per heavy atom. The molecule has 1 atom stereocenters. The smallest absolute Gasteiger partial charge is 0.237 e. The fraction of sp³-hybridized carbons (Fsp3) is 0.786. The van der Waals surface area contributed by atoms with Gasteiger partial charge in [-0.1, -0.05) is 13.8 Å². The summed E-state index contributed by atoms with van der Waals surface area (Å²) in [6, 6.07) is 0.195. The third kappa shape index (κ3) is 4.03. The molecule has 6 nitrogen and oxygen atoms in total. The summed E-state index contributed by atoms with van der Waals surface area (Å²) in [4.78, 5) is 16.2. The second-order valence-corrected chi connectivity index (χ2v) is 5.62. The van der Waals surface area contributed by atoms with Crippen molar-refractivity contribution in [3.05, 3.63) is 11.6 Å². The lowest BCUT2D eigenvalue weighted by Crippen LogP contribution is -2.56. The number of nitrogens with zero attached hydrogens (tertiary/aromatic N) is 3. The van der Waals surface area contributed by atoms with Crippen LogP contribution in [0.5, 0.6) is 0 Å². The summed E-state index contributed by atoms with van der Waals surface area (Å²) >= 11 is 0. The monoisotopic (exact) mass is 281 g/mol. The highest BCUT2D eigenvalue weighted by Crippen LogP contribution is 2.13. The number of hydrogen-bond donors (Lipinski definition) is 2. The normalized spacial score (nSPS) is 14.5. The minimum Gasteiger partial charge on any atom is -0.368 e. The molecule has 3 N–H and O–H groups in total. The van der Waals surface area contributed by atoms with Crippen LogP contribution in [-0.4, -0.2) is 32.3 Å². The SMILES string of the molecule is CCc1nc(CC)n(CCC(C)(NC(C)C)C(N)=O)n1. The van der Waals surface area contributed by atoms with Crippen LogP contribution in [0.1, 0.15) is 52.7 Å². The molecule has 0 aliphatic rings. The van der Waals surface area contributed by atoms with Crippen molar-refractivity contribution in [2.45, 2.75) is 72.0 Å². The Kier molecular flexibility index (Phi) is 5.68. The summed E-state index contributed by atoms with van der Waals surface area (Å²) in [5.74, 6) is 1.47. The molecule has 0 aliphatic carbocycles. The predicted octanol–water partition coefficient (Wildman–Crippen LogP) is 1.04. The van der Waals surface area contributed by atoms with E-state index in [9.17, 15) is 4.79 Å². The molecule has 0 saturated heterocycles. The fourth-order valence-corrected chi connectivity index (χ4v) is 2.25. The lowest BCUT2D eigenvalue weighted by Gasteiger charge is -2.29. The Hall–Kier alpha value is -1.43. The van der Waals surface area contributed by atoms with Crippen molar-refractivity contribution in [2.24, 2.45) is 5.73 Å². The Bertz CT molecular complexity index is 454. The molecular weight excluding hydrogens is 254 g/mol. The standard InChI is InChI=1S/C14H27N5O/c1-6-11-16-12(7-2)19(18-11)9-8-14(5,13(15)20)17-10(3)4/h10,17H,6-9H2,1-5H3,(H2,15,20). The molecule has 0 bridgehead atoms. The van der Waals surface area contributed by atoms with Crippen LogP contribution in [0.4, 0.5) is 0 Å². The average molecular weight is 281 g/mol. The first kappa shape index (κ1) is 16.6. The van der Waals surface area contributed by atoms with Gasteiger partial charge in [0.15, 0.2) is 5.82 Å². The lowest BCUT2D eigenvalue weighted by atomic mass is 9.96. The average Bonchev–Trinajstić information content (AvgIpc) is 2.77. The van der Waals surface area contributed by atoms with E-state index in [0.717, 1.165) is 24.5 Å². The van der Waals surface area contributed by atoms with Gasteiger partial charge in [-0.05, 0) is 27.2 Å². The van der Waals surface area contributed by atoms with E-state index in [1.165, 1.54) is 0 Å². The van der Waals surface area contributed by atoms with Crippen LogP contribution in [0.2, 0.25) is 0 Å². The first-order chi connectivity index (χ1) is 9.32. The van der Waals surface area contributed by atoms with Crippen LogP contribution in [0.25, 0.3) is 0 Å². The molecule has 114 valence electrons. The van der Waals surface area contributed by atoms with Crippen LogP contribution in [-0.2, 0) is 24.2 Å². The van der Waals surface area contributed by atoms with Gasteiger partial charge in [0.05, 0.1) is 5.54 Å². The molecule has 0 saturated carbocycles. The van der Waals surface area contributed by atoms with E-state index in [1.807, 2.05) is 32.4 Å². The number of hydrogen-bond acceptors (Lipinski definition) is 4. The number of nitrogens with one attached hydrogen (secondary N) is 1. The number of nitrogens with two attached hydrogens (primary N) is 1. The maximum Gasteiger partial charge on any atom is 0.237 e. The minimum atomic E-state index is -0.725. The maximum absolute atomic E-state index is 11.7. The van der Waals surface area contributed by atoms with Crippen LogP contribution in [0, 0.1) is 0 Å². The van der Waals surface area contributed by atoms with E-state index in [0.29, 0.717) is 13.0 Å². The summed E-state index contributed by atoms with van der Waals surface area (Å²) < 4.78 is 1.89. The third-order valence-corrected chi connectivity index (χ3v) is 3.40. The summed E-state index contributed by atoms with van der Waals surface area (Å²) in [6.07, 6.45) is 2.25. The summed E-state index contributed by atoms with van der Waals surface area (Å²) in [5.41, 5.74) is 4.81. The van der Waals surface area contributed by atoms with Gasteiger partial charge in [-0.2, -0.15) is 5.10 Å². The van der Waals surface area contributed by atoms with Crippen LogP contribution in [0.3, 0.4) is 0 Å². The van der Waals surface area contributed by atoms with E-state index in [-0.39, 0.29) is 11.9 Å². The van der Waals surface area contributed by atoms with E-state index in [2.05, 4.69) is 22.3 Å². The number of rotatable bonds is 8. The van der Waals surface area contributed by atoms with Gasteiger partial charge < -0.3 is 11.1 Å². The van der Waals surface area contributed by atoms with E-state index < -0.39 is 5.54 Å². The molecule has 0 aliphatic heterocycles. The van der Waals surface area contributed by atoms with E-state index in [1.54, 1.807) is 0 Å². The first-order valence-corrected chi connectivity index (χ1v) is 7.32. The predicted molar refractivity (Wildman–Crippen MR) is 79.3 cm³/mol. The van der Waals surface area contributed by atoms with Crippen LogP contribution >= 0.6 is 0 Å². The minimum absolute atomic E-state index is 0.195. The molecule has 20 heavy (non-hydrogen) atoms. The maximum atomic E-state index is 11.7. The molecule has 1 aromatic heterocycles.